The summed E-state index contributed by atoms with van der Waals surface area (Å²) < 4.78 is 9.33. The van der Waals surface area contributed by atoms with Crippen LogP contribution < -0.4 is 4.90 Å². The van der Waals surface area contributed by atoms with Gasteiger partial charge in [0.15, 0.2) is 0 Å². The van der Waals surface area contributed by atoms with Crippen LogP contribution in [0.4, 0.5) is 17.1 Å². The molecule has 0 atom stereocenters. The van der Waals surface area contributed by atoms with Gasteiger partial charge in [-0.1, -0.05) is 127 Å². The summed E-state index contributed by atoms with van der Waals surface area (Å²) in [5, 5.41) is 9.58. The Morgan fingerprint density at radius 2 is 1.04 bits per heavy atom. The molecule has 0 amide bonds. The third-order valence-corrected chi connectivity index (χ3v) is 11.8. The van der Waals surface area contributed by atoms with Crippen molar-refractivity contribution in [2.24, 2.45) is 0 Å². The maximum absolute atomic E-state index is 6.71. The van der Waals surface area contributed by atoms with Gasteiger partial charge in [-0.05, 0) is 99.1 Å². The Kier molecular flexibility index (Phi) is 6.76. The standard InChI is InChI=1S/C50H31NOS/c1-3-18-39-32(11-1)13-9-21-40(39)36-15-8-17-38(30-36)51(45-22-10-23-46-49(45)43-27-25-33-12-2-4-19-41(33)50(43)52-46)37-16-7-14-34(29-37)35-26-28-48-44(31-35)42-20-5-6-24-47(42)53-48/h1-31H. The average Bonchev–Trinajstić information content (AvgIpc) is 3.80. The van der Waals surface area contributed by atoms with Crippen molar-refractivity contribution in [1.82, 2.24) is 0 Å². The molecule has 2 heterocycles. The molecule has 3 heteroatoms. The summed E-state index contributed by atoms with van der Waals surface area (Å²) in [7, 11) is 0. The summed E-state index contributed by atoms with van der Waals surface area (Å²) in [4.78, 5) is 2.41. The summed E-state index contributed by atoms with van der Waals surface area (Å²) in [5.41, 5.74) is 9.78. The molecule has 2 nitrogen and oxygen atoms in total. The number of hydrogen-bond acceptors (Lipinski definition) is 3. The van der Waals surface area contributed by atoms with Crippen molar-refractivity contribution >= 4 is 92.1 Å². The van der Waals surface area contributed by atoms with Crippen molar-refractivity contribution in [2.75, 3.05) is 4.90 Å². The maximum atomic E-state index is 6.71. The van der Waals surface area contributed by atoms with Gasteiger partial charge in [0.05, 0.1) is 11.1 Å². The van der Waals surface area contributed by atoms with Crippen molar-refractivity contribution in [3.8, 4) is 22.3 Å². The van der Waals surface area contributed by atoms with Crippen LogP contribution in [0.15, 0.2) is 192 Å². The highest BCUT2D eigenvalue weighted by Crippen LogP contribution is 2.46. The van der Waals surface area contributed by atoms with Crippen LogP contribution in [0.5, 0.6) is 0 Å². The predicted molar refractivity (Wildman–Crippen MR) is 227 cm³/mol. The fourth-order valence-electron chi connectivity index (χ4n) is 8.17. The van der Waals surface area contributed by atoms with Crippen LogP contribution in [0, 0.1) is 0 Å². The van der Waals surface area contributed by atoms with Gasteiger partial charge < -0.3 is 9.32 Å². The number of nitrogens with zero attached hydrogens (tertiary/aromatic N) is 1. The lowest BCUT2D eigenvalue weighted by molar-refractivity contribution is 0.672. The number of fused-ring (bicyclic) bond motifs is 9. The smallest absolute Gasteiger partial charge is 0.143 e. The van der Waals surface area contributed by atoms with E-state index in [2.05, 4.69) is 193 Å². The van der Waals surface area contributed by atoms with E-state index in [4.69, 9.17) is 4.42 Å². The fourth-order valence-corrected chi connectivity index (χ4v) is 9.25. The molecule has 11 rings (SSSR count). The number of benzene rings is 9. The van der Waals surface area contributed by atoms with Crippen LogP contribution >= 0.6 is 11.3 Å². The predicted octanol–water partition coefficient (Wildman–Crippen LogP) is 15.1. The monoisotopic (exact) mass is 693 g/mol. The van der Waals surface area contributed by atoms with E-state index in [1.165, 1.54) is 58.6 Å². The highest BCUT2D eigenvalue weighted by molar-refractivity contribution is 7.25. The zero-order chi connectivity index (χ0) is 34.9. The first-order chi connectivity index (χ1) is 26.3. The van der Waals surface area contributed by atoms with Crippen molar-refractivity contribution in [1.29, 1.82) is 0 Å². The van der Waals surface area contributed by atoms with E-state index in [0.29, 0.717) is 0 Å². The first-order valence-electron chi connectivity index (χ1n) is 18.0. The van der Waals surface area contributed by atoms with Crippen molar-refractivity contribution in [3.05, 3.63) is 188 Å². The molecule has 53 heavy (non-hydrogen) atoms. The lowest BCUT2D eigenvalue weighted by Gasteiger charge is -2.27. The minimum Gasteiger partial charge on any atom is -0.455 e. The number of rotatable bonds is 5. The van der Waals surface area contributed by atoms with Gasteiger partial charge in [0.25, 0.3) is 0 Å². The van der Waals surface area contributed by atoms with Gasteiger partial charge in [0.1, 0.15) is 11.2 Å². The first-order valence-corrected chi connectivity index (χ1v) is 18.8. The number of hydrogen-bond donors (Lipinski definition) is 0. The van der Waals surface area contributed by atoms with Crippen LogP contribution in [0.1, 0.15) is 0 Å². The van der Waals surface area contributed by atoms with Crippen LogP contribution in [-0.4, -0.2) is 0 Å². The fraction of sp³-hybridized carbons (Fsp3) is 0. The molecule has 0 unspecified atom stereocenters. The Hall–Kier alpha value is -6.68. The molecule has 2 aromatic heterocycles. The van der Waals surface area contributed by atoms with E-state index in [9.17, 15) is 0 Å². The Balaban J connectivity index is 1.15. The zero-order valence-electron chi connectivity index (χ0n) is 28.7. The quantitative estimate of drug-likeness (QED) is 0.178. The van der Waals surface area contributed by atoms with E-state index < -0.39 is 0 Å². The van der Waals surface area contributed by atoms with Crippen molar-refractivity contribution in [3.63, 3.8) is 0 Å². The lowest BCUT2D eigenvalue weighted by Crippen LogP contribution is -2.10. The molecule has 9 aromatic carbocycles. The van der Waals surface area contributed by atoms with E-state index in [0.717, 1.165) is 44.4 Å². The third kappa shape index (κ3) is 4.86. The molecule has 0 aliphatic carbocycles. The van der Waals surface area contributed by atoms with Gasteiger partial charge in [-0.2, -0.15) is 0 Å². The normalized spacial score (nSPS) is 11.8. The van der Waals surface area contributed by atoms with E-state index in [1.54, 1.807) is 0 Å². The molecule has 0 radical (unpaired) electrons. The van der Waals surface area contributed by atoms with Gasteiger partial charge in [-0.3, -0.25) is 0 Å². The summed E-state index contributed by atoms with van der Waals surface area (Å²) >= 11 is 1.85. The molecular formula is C50H31NOS. The lowest BCUT2D eigenvalue weighted by atomic mass is 9.97. The summed E-state index contributed by atoms with van der Waals surface area (Å²) in [5.74, 6) is 0. The Morgan fingerprint density at radius 3 is 1.91 bits per heavy atom. The molecular weight excluding hydrogens is 663 g/mol. The van der Waals surface area contributed by atoms with Crippen LogP contribution in [-0.2, 0) is 0 Å². The Morgan fingerprint density at radius 1 is 0.396 bits per heavy atom. The largest absolute Gasteiger partial charge is 0.455 e. The highest BCUT2D eigenvalue weighted by atomic mass is 32.1. The van der Waals surface area contributed by atoms with Gasteiger partial charge in [0, 0.05) is 42.3 Å². The zero-order valence-corrected chi connectivity index (χ0v) is 29.5. The summed E-state index contributed by atoms with van der Waals surface area (Å²) in [6.07, 6.45) is 0. The molecule has 248 valence electrons. The number of furan rings is 1. The molecule has 0 aliphatic heterocycles. The molecule has 0 spiro atoms. The van der Waals surface area contributed by atoms with Gasteiger partial charge in [-0.25, -0.2) is 0 Å². The molecule has 0 saturated carbocycles. The van der Waals surface area contributed by atoms with Gasteiger partial charge in [-0.15, -0.1) is 11.3 Å². The number of anilines is 3. The topological polar surface area (TPSA) is 16.4 Å². The molecule has 0 aliphatic rings. The molecule has 0 N–H and O–H groups in total. The third-order valence-electron chi connectivity index (χ3n) is 10.6. The van der Waals surface area contributed by atoms with Gasteiger partial charge >= 0.3 is 0 Å². The minimum absolute atomic E-state index is 0.870. The summed E-state index contributed by atoms with van der Waals surface area (Å²) in [6.45, 7) is 0. The summed E-state index contributed by atoms with van der Waals surface area (Å²) in [6, 6.07) is 68.1. The second-order valence-corrected chi connectivity index (χ2v) is 14.8. The first kappa shape index (κ1) is 30.0. The Labute approximate surface area is 310 Å². The van der Waals surface area contributed by atoms with E-state index >= 15 is 0 Å². The van der Waals surface area contributed by atoms with Crippen LogP contribution in [0.3, 0.4) is 0 Å². The van der Waals surface area contributed by atoms with Crippen molar-refractivity contribution < 1.29 is 4.42 Å². The van der Waals surface area contributed by atoms with Gasteiger partial charge in [0.2, 0.25) is 0 Å². The minimum atomic E-state index is 0.870. The molecule has 0 bridgehead atoms. The van der Waals surface area contributed by atoms with Crippen molar-refractivity contribution in [2.45, 2.75) is 0 Å². The molecule has 0 saturated heterocycles. The van der Waals surface area contributed by atoms with Crippen LogP contribution in [0.25, 0.3) is 85.9 Å². The maximum Gasteiger partial charge on any atom is 0.143 e. The second-order valence-electron chi connectivity index (χ2n) is 13.7. The molecule has 11 aromatic rings. The Bertz CT molecular complexity index is 3200. The van der Waals surface area contributed by atoms with E-state index in [1.807, 2.05) is 11.3 Å². The van der Waals surface area contributed by atoms with E-state index in [-0.39, 0.29) is 0 Å². The highest BCUT2D eigenvalue weighted by Gasteiger charge is 2.21. The second kappa shape index (κ2) is 11.9. The SMILES string of the molecule is c1cc(-c2ccc3sc4ccccc4c3c2)cc(N(c2cccc(-c3cccc4ccccc34)c2)c2cccc3oc4c5ccccc5ccc4c23)c1. The number of thiophene rings is 1. The molecule has 0 fully saturated rings. The van der Waals surface area contributed by atoms with Crippen LogP contribution in [0.2, 0.25) is 0 Å². The average molecular weight is 694 g/mol.